The van der Waals surface area contributed by atoms with Crippen LogP contribution in [0.3, 0.4) is 0 Å². The van der Waals surface area contributed by atoms with Crippen molar-refractivity contribution in [3.63, 3.8) is 0 Å². The van der Waals surface area contributed by atoms with Crippen LogP contribution < -0.4 is 9.62 Å². The van der Waals surface area contributed by atoms with E-state index >= 15 is 0 Å². The molecule has 3 aromatic rings. The van der Waals surface area contributed by atoms with E-state index in [2.05, 4.69) is 5.32 Å². The zero-order valence-electron chi connectivity index (χ0n) is 24.4. The number of aryl methyl sites for hydroxylation is 1. The second-order valence-electron chi connectivity index (χ2n) is 11.4. The van der Waals surface area contributed by atoms with Gasteiger partial charge in [-0.05, 0) is 69.5 Å². The maximum absolute atomic E-state index is 13.9. The maximum Gasteiger partial charge on any atom is 0.243 e. The standard InChI is InChI=1S/C32H40ClN3O4S/c1-24-13-15-26(16-14-24)23-35(29(31(38)34-32(2,3)4)22-25-10-7-6-8-11-25)30(37)12-9-21-36(41(5,39)40)28-19-17-27(33)18-20-28/h6-8,10-11,13-20,29H,9,12,21-23H2,1-5H3,(H,34,38). The number of amides is 2. The molecule has 2 amide bonds. The molecule has 0 bridgehead atoms. The molecule has 0 aliphatic rings. The molecule has 3 aromatic carbocycles. The Kier molecular flexibility index (Phi) is 11.0. The average Bonchev–Trinajstić information content (AvgIpc) is 2.89. The molecule has 9 heteroatoms. The van der Waals surface area contributed by atoms with Crippen molar-refractivity contribution in [3.05, 3.63) is 101 Å². The van der Waals surface area contributed by atoms with Gasteiger partial charge in [-0.3, -0.25) is 13.9 Å². The van der Waals surface area contributed by atoms with Crippen LogP contribution in [0.5, 0.6) is 0 Å². The summed E-state index contributed by atoms with van der Waals surface area (Å²) in [6.07, 6.45) is 1.83. The first-order valence-corrected chi connectivity index (χ1v) is 15.9. The lowest BCUT2D eigenvalue weighted by Gasteiger charge is -2.34. The molecule has 0 heterocycles. The van der Waals surface area contributed by atoms with Crippen LogP contribution in [0, 0.1) is 6.92 Å². The molecule has 0 aliphatic heterocycles. The molecule has 0 aliphatic carbocycles. The molecule has 0 radical (unpaired) electrons. The summed E-state index contributed by atoms with van der Waals surface area (Å²) in [6.45, 7) is 8.09. The minimum absolute atomic E-state index is 0.0690. The lowest BCUT2D eigenvalue weighted by atomic mass is 10.00. The third-order valence-electron chi connectivity index (χ3n) is 6.51. The number of carbonyl (C=O) groups is 2. The van der Waals surface area contributed by atoms with Crippen LogP contribution in [-0.4, -0.2) is 49.5 Å². The van der Waals surface area contributed by atoms with Gasteiger partial charge in [0.2, 0.25) is 21.8 Å². The van der Waals surface area contributed by atoms with Crippen molar-refractivity contribution >= 4 is 39.1 Å². The summed E-state index contributed by atoms with van der Waals surface area (Å²) in [6, 6.07) is 23.3. The molecule has 7 nitrogen and oxygen atoms in total. The molecule has 0 saturated carbocycles. The molecule has 220 valence electrons. The summed E-state index contributed by atoms with van der Waals surface area (Å²) in [7, 11) is -3.59. The van der Waals surface area contributed by atoms with E-state index in [0.29, 0.717) is 17.1 Å². The molecule has 1 unspecified atom stereocenters. The van der Waals surface area contributed by atoms with Gasteiger partial charge in [-0.25, -0.2) is 8.42 Å². The minimum atomic E-state index is -3.59. The average molecular weight is 598 g/mol. The molecular weight excluding hydrogens is 558 g/mol. The van der Waals surface area contributed by atoms with E-state index < -0.39 is 21.6 Å². The molecule has 41 heavy (non-hydrogen) atoms. The van der Waals surface area contributed by atoms with Crippen LogP contribution in [0.25, 0.3) is 0 Å². The number of halogens is 1. The molecule has 0 aromatic heterocycles. The SMILES string of the molecule is Cc1ccc(CN(C(=O)CCCN(c2ccc(Cl)cc2)S(C)(=O)=O)C(Cc2ccccc2)C(=O)NC(C)(C)C)cc1. The van der Waals surface area contributed by atoms with Gasteiger partial charge in [0.05, 0.1) is 11.9 Å². The Morgan fingerprint density at radius 1 is 0.902 bits per heavy atom. The summed E-state index contributed by atoms with van der Waals surface area (Å²) >= 11 is 5.99. The highest BCUT2D eigenvalue weighted by atomic mass is 35.5. The van der Waals surface area contributed by atoms with Crippen LogP contribution >= 0.6 is 11.6 Å². The van der Waals surface area contributed by atoms with Gasteiger partial charge in [0, 0.05) is 36.5 Å². The monoisotopic (exact) mass is 597 g/mol. The van der Waals surface area contributed by atoms with Crippen LogP contribution in [0.4, 0.5) is 5.69 Å². The molecule has 1 N–H and O–H groups in total. The number of nitrogens with one attached hydrogen (secondary N) is 1. The predicted octanol–water partition coefficient (Wildman–Crippen LogP) is 5.75. The van der Waals surface area contributed by atoms with Crippen LogP contribution in [0.15, 0.2) is 78.9 Å². The van der Waals surface area contributed by atoms with E-state index in [1.165, 1.54) is 4.31 Å². The van der Waals surface area contributed by atoms with E-state index in [4.69, 9.17) is 11.6 Å². The predicted molar refractivity (Wildman–Crippen MR) is 166 cm³/mol. The van der Waals surface area contributed by atoms with Crippen molar-refractivity contribution in [2.24, 2.45) is 0 Å². The van der Waals surface area contributed by atoms with Gasteiger partial charge in [0.15, 0.2) is 0 Å². The van der Waals surface area contributed by atoms with E-state index in [-0.39, 0.29) is 37.7 Å². The molecule has 0 saturated heterocycles. The normalized spacial score (nSPS) is 12.4. The van der Waals surface area contributed by atoms with Crippen molar-refractivity contribution < 1.29 is 18.0 Å². The Bertz CT molecular complexity index is 1400. The zero-order chi connectivity index (χ0) is 30.2. The van der Waals surface area contributed by atoms with Crippen LogP contribution in [0.2, 0.25) is 5.02 Å². The van der Waals surface area contributed by atoms with Crippen molar-refractivity contribution in [1.82, 2.24) is 10.2 Å². The highest BCUT2D eigenvalue weighted by Crippen LogP contribution is 2.22. The number of anilines is 1. The van der Waals surface area contributed by atoms with Crippen LogP contribution in [-0.2, 0) is 32.6 Å². The zero-order valence-corrected chi connectivity index (χ0v) is 26.0. The number of hydrogen-bond acceptors (Lipinski definition) is 4. The topological polar surface area (TPSA) is 86.8 Å². The summed E-state index contributed by atoms with van der Waals surface area (Å²) in [5, 5.41) is 3.56. The van der Waals surface area contributed by atoms with Gasteiger partial charge in [-0.15, -0.1) is 0 Å². The lowest BCUT2D eigenvalue weighted by molar-refractivity contribution is -0.142. The Balaban J connectivity index is 1.89. The third-order valence-corrected chi connectivity index (χ3v) is 7.96. The minimum Gasteiger partial charge on any atom is -0.350 e. The first kappa shape index (κ1) is 32.2. The number of benzene rings is 3. The molecular formula is C32H40ClN3O4S. The summed E-state index contributed by atoms with van der Waals surface area (Å²) in [4.78, 5) is 29.2. The van der Waals surface area contributed by atoms with Gasteiger partial charge >= 0.3 is 0 Å². The number of sulfonamides is 1. The number of hydrogen-bond donors (Lipinski definition) is 1. The highest BCUT2D eigenvalue weighted by molar-refractivity contribution is 7.92. The van der Waals surface area contributed by atoms with Crippen LogP contribution in [0.1, 0.15) is 50.3 Å². The summed E-state index contributed by atoms with van der Waals surface area (Å²) in [5.41, 5.74) is 2.94. The molecule has 0 fully saturated rings. The summed E-state index contributed by atoms with van der Waals surface area (Å²) < 4.78 is 26.4. The fourth-order valence-electron chi connectivity index (χ4n) is 4.51. The van der Waals surface area contributed by atoms with Crippen molar-refractivity contribution in [3.8, 4) is 0 Å². The first-order chi connectivity index (χ1) is 19.2. The first-order valence-electron chi connectivity index (χ1n) is 13.7. The van der Waals surface area contributed by atoms with Gasteiger partial charge in [-0.2, -0.15) is 0 Å². The number of rotatable bonds is 12. The van der Waals surface area contributed by atoms with Gasteiger partial charge in [-0.1, -0.05) is 71.8 Å². The fourth-order valence-corrected chi connectivity index (χ4v) is 5.60. The Labute approximate surface area is 249 Å². The Morgan fingerprint density at radius 2 is 1.51 bits per heavy atom. The second-order valence-corrected chi connectivity index (χ2v) is 13.7. The largest absolute Gasteiger partial charge is 0.350 e. The van der Waals surface area contributed by atoms with Gasteiger partial charge in [0.1, 0.15) is 6.04 Å². The highest BCUT2D eigenvalue weighted by Gasteiger charge is 2.32. The smallest absolute Gasteiger partial charge is 0.243 e. The number of carbonyl (C=O) groups excluding carboxylic acids is 2. The van der Waals surface area contributed by atoms with Gasteiger partial charge < -0.3 is 10.2 Å². The van der Waals surface area contributed by atoms with E-state index in [1.807, 2.05) is 82.3 Å². The fraction of sp³-hybridized carbons (Fsp3) is 0.375. The van der Waals surface area contributed by atoms with Crippen molar-refractivity contribution in [1.29, 1.82) is 0 Å². The molecule has 1 atom stereocenters. The lowest BCUT2D eigenvalue weighted by Crippen LogP contribution is -2.54. The van der Waals surface area contributed by atoms with E-state index in [9.17, 15) is 18.0 Å². The van der Waals surface area contributed by atoms with Gasteiger partial charge in [0.25, 0.3) is 0 Å². The summed E-state index contributed by atoms with van der Waals surface area (Å²) in [5.74, 6) is -0.458. The van der Waals surface area contributed by atoms with E-state index in [0.717, 1.165) is 22.9 Å². The van der Waals surface area contributed by atoms with Crippen molar-refractivity contribution in [2.75, 3.05) is 17.1 Å². The quantitative estimate of drug-likeness (QED) is 0.288. The second kappa shape index (κ2) is 14.0. The molecule has 3 rings (SSSR count). The van der Waals surface area contributed by atoms with E-state index in [1.54, 1.807) is 29.2 Å². The molecule has 0 spiro atoms. The third kappa shape index (κ3) is 10.2. The maximum atomic E-state index is 13.9. The van der Waals surface area contributed by atoms with Crippen molar-refractivity contribution in [2.45, 2.75) is 65.1 Å². The number of nitrogens with zero attached hydrogens (tertiary/aromatic N) is 2. The Morgan fingerprint density at radius 3 is 2.07 bits per heavy atom. The Hall–Kier alpha value is -3.36.